The Kier molecular flexibility index (Phi) is 5.03. The van der Waals surface area contributed by atoms with Gasteiger partial charge in [-0.15, -0.1) is 0 Å². The molecule has 0 spiro atoms. The molecule has 1 aromatic carbocycles. The van der Waals surface area contributed by atoms with Crippen molar-refractivity contribution in [1.82, 2.24) is 15.1 Å². The van der Waals surface area contributed by atoms with Gasteiger partial charge in [0.05, 0.1) is 14.2 Å². The molecule has 0 bridgehead atoms. The molecule has 1 atom stereocenters. The van der Waals surface area contributed by atoms with Crippen LogP contribution in [0.1, 0.15) is 16.8 Å². The molecule has 0 radical (unpaired) electrons. The summed E-state index contributed by atoms with van der Waals surface area (Å²) in [5, 5.41) is 3.37. The van der Waals surface area contributed by atoms with Gasteiger partial charge in [0.15, 0.2) is 0 Å². The molecular formula is C17H25N3O3. The standard InChI is InChI=1S/C17H25N3O3/c1-22-15-9-13(10-16(11-15)23-2)17(21)20-6-3-14(12-20)19-7-4-18-5-8-19/h9-11,14,18H,3-8,12H2,1-2H3. The van der Waals surface area contributed by atoms with Crippen LogP contribution < -0.4 is 14.8 Å². The number of piperazine rings is 1. The Morgan fingerprint density at radius 3 is 2.35 bits per heavy atom. The molecule has 1 N–H and O–H groups in total. The Balaban J connectivity index is 1.69. The summed E-state index contributed by atoms with van der Waals surface area (Å²) < 4.78 is 10.5. The van der Waals surface area contributed by atoms with E-state index in [1.165, 1.54) is 0 Å². The summed E-state index contributed by atoms with van der Waals surface area (Å²) >= 11 is 0. The maximum absolute atomic E-state index is 12.8. The maximum atomic E-state index is 12.8. The molecule has 6 nitrogen and oxygen atoms in total. The van der Waals surface area contributed by atoms with Crippen molar-refractivity contribution in [3.8, 4) is 11.5 Å². The lowest BCUT2D eigenvalue weighted by molar-refractivity contribution is 0.0772. The van der Waals surface area contributed by atoms with Gasteiger partial charge in [0.1, 0.15) is 11.5 Å². The zero-order chi connectivity index (χ0) is 16.2. The minimum atomic E-state index is 0.0554. The van der Waals surface area contributed by atoms with Crippen molar-refractivity contribution in [2.75, 3.05) is 53.5 Å². The maximum Gasteiger partial charge on any atom is 0.254 e. The predicted molar refractivity (Wildman–Crippen MR) is 88.3 cm³/mol. The monoisotopic (exact) mass is 319 g/mol. The SMILES string of the molecule is COc1cc(OC)cc(C(=O)N2CCC(N3CCNCC3)C2)c1. The summed E-state index contributed by atoms with van der Waals surface area (Å²) in [6.45, 7) is 5.83. The van der Waals surface area contributed by atoms with Crippen molar-refractivity contribution in [2.45, 2.75) is 12.5 Å². The van der Waals surface area contributed by atoms with Gasteiger partial charge < -0.3 is 19.7 Å². The molecule has 1 aromatic rings. The molecular weight excluding hydrogens is 294 g/mol. The minimum absolute atomic E-state index is 0.0554. The highest BCUT2D eigenvalue weighted by Gasteiger charge is 2.31. The third-order valence-electron chi connectivity index (χ3n) is 4.72. The molecule has 0 aliphatic carbocycles. The van der Waals surface area contributed by atoms with Gasteiger partial charge in [0, 0.05) is 56.9 Å². The quantitative estimate of drug-likeness (QED) is 0.891. The average molecular weight is 319 g/mol. The Labute approximate surface area is 137 Å². The van der Waals surface area contributed by atoms with E-state index in [0.29, 0.717) is 23.1 Å². The summed E-state index contributed by atoms with van der Waals surface area (Å²) in [6.07, 6.45) is 1.05. The van der Waals surface area contributed by atoms with Crippen LogP contribution >= 0.6 is 0 Å². The summed E-state index contributed by atoms with van der Waals surface area (Å²) in [6, 6.07) is 5.82. The van der Waals surface area contributed by atoms with Crippen molar-refractivity contribution in [3.63, 3.8) is 0 Å². The Morgan fingerprint density at radius 2 is 1.74 bits per heavy atom. The molecule has 1 unspecified atom stereocenters. The van der Waals surface area contributed by atoms with E-state index < -0.39 is 0 Å². The van der Waals surface area contributed by atoms with Crippen molar-refractivity contribution >= 4 is 5.91 Å². The number of likely N-dealkylation sites (tertiary alicyclic amines) is 1. The average Bonchev–Trinajstić information content (AvgIpc) is 3.11. The second kappa shape index (κ2) is 7.19. The fourth-order valence-corrected chi connectivity index (χ4v) is 3.39. The fourth-order valence-electron chi connectivity index (χ4n) is 3.39. The highest BCUT2D eigenvalue weighted by atomic mass is 16.5. The first kappa shape index (κ1) is 16.1. The highest BCUT2D eigenvalue weighted by Crippen LogP contribution is 2.25. The smallest absolute Gasteiger partial charge is 0.254 e. The number of carbonyl (C=O) groups is 1. The number of nitrogens with zero attached hydrogens (tertiary/aromatic N) is 2. The van der Waals surface area contributed by atoms with Gasteiger partial charge in [-0.25, -0.2) is 0 Å². The van der Waals surface area contributed by atoms with Crippen molar-refractivity contribution in [1.29, 1.82) is 0 Å². The molecule has 2 fully saturated rings. The van der Waals surface area contributed by atoms with E-state index >= 15 is 0 Å². The van der Waals surface area contributed by atoms with Gasteiger partial charge in [0.2, 0.25) is 0 Å². The molecule has 2 aliphatic rings. The Bertz CT molecular complexity index is 536. The van der Waals surface area contributed by atoms with Gasteiger partial charge in [-0.05, 0) is 18.6 Å². The van der Waals surface area contributed by atoms with Gasteiger partial charge in [-0.3, -0.25) is 9.69 Å². The fraction of sp³-hybridized carbons (Fsp3) is 0.588. The van der Waals surface area contributed by atoms with Gasteiger partial charge in [-0.2, -0.15) is 0 Å². The number of amides is 1. The van der Waals surface area contributed by atoms with Crippen LogP contribution in [-0.4, -0.2) is 75.2 Å². The first-order valence-corrected chi connectivity index (χ1v) is 8.18. The number of benzene rings is 1. The van der Waals surface area contributed by atoms with E-state index in [1.54, 1.807) is 32.4 Å². The number of methoxy groups -OCH3 is 2. The molecule has 1 amide bonds. The summed E-state index contributed by atoms with van der Waals surface area (Å²) in [5.74, 6) is 1.34. The van der Waals surface area contributed by atoms with Gasteiger partial charge in [0.25, 0.3) is 5.91 Å². The molecule has 6 heteroatoms. The summed E-state index contributed by atoms with van der Waals surface area (Å²) in [4.78, 5) is 17.2. The lowest BCUT2D eigenvalue weighted by Gasteiger charge is -2.32. The lowest BCUT2D eigenvalue weighted by atomic mass is 10.1. The van der Waals surface area contributed by atoms with Crippen LogP contribution in [0, 0.1) is 0 Å². The summed E-state index contributed by atoms with van der Waals surface area (Å²) in [7, 11) is 3.19. The molecule has 2 heterocycles. The molecule has 2 aliphatic heterocycles. The van der Waals surface area contributed by atoms with Gasteiger partial charge >= 0.3 is 0 Å². The van der Waals surface area contributed by atoms with Crippen molar-refractivity contribution in [3.05, 3.63) is 23.8 Å². The van der Waals surface area contributed by atoms with Crippen LogP contribution in [0.5, 0.6) is 11.5 Å². The van der Waals surface area contributed by atoms with E-state index in [2.05, 4.69) is 10.2 Å². The molecule has 0 saturated carbocycles. The largest absolute Gasteiger partial charge is 0.497 e. The molecule has 0 aromatic heterocycles. The highest BCUT2D eigenvalue weighted by molar-refractivity contribution is 5.95. The molecule has 126 valence electrons. The zero-order valence-electron chi connectivity index (χ0n) is 13.9. The predicted octanol–water partition coefficient (Wildman–Crippen LogP) is 0.824. The summed E-state index contributed by atoms with van der Waals surface area (Å²) in [5.41, 5.74) is 0.627. The van der Waals surface area contributed by atoms with Gasteiger partial charge in [-0.1, -0.05) is 0 Å². The van der Waals surface area contributed by atoms with Crippen molar-refractivity contribution < 1.29 is 14.3 Å². The van der Waals surface area contributed by atoms with Crippen LogP contribution in [-0.2, 0) is 0 Å². The van der Waals surface area contributed by atoms with Crippen LogP contribution in [0.15, 0.2) is 18.2 Å². The Hall–Kier alpha value is -1.79. The second-order valence-electron chi connectivity index (χ2n) is 6.08. The zero-order valence-corrected chi connectivity index (χ0v) is 13.9. The first-order chi connectivity index (χ1) is 11.2. The second-order valence-corrected chi connectivity index (χ2v) is 6.08. The molecule has 2 saturated heterocycles. The number of hydrogen-bond donors (Lipinski definition) is 1. The Morgan fingerprint density at radius 1 is 1.09 bits per heavy atom. The number of rotatable bonds is 4. The number of ether oxygens (including phenoxy) is 2. The molecule has 23 heavy (non-hydrogen) atoms. The topological polar surface area (TPSA) is 54.0 Å². The third-order valence-corrected chi connectivity index (χ3v) is 4.72. The van der Waals surface area contributed by atoms with E-state index in [1.807, 2.05) is 4.90 Å². The minimum Gasteiger partial charge on any atom is -0.497 e. The van der Waals surface area contributed by atoms with Crippen LogP contribution in [0.4, 0.5) is 0 Å². The molecule has 3 rings (SSSR count). The first-order valence-electron chi connectivity index (χ1n) is 8.18. The van der Waals surface area contributed by atoms with Crippen molar-refractivity contribution in [2.24, 2.45) is 0 Å². The van der Waals surface area contributed by atoms with Crippen LogP contribution in [0.3, 0.4) is 0 Å². The third kappa shape index (κ3) is 3.59. The van der Waals surface area contributed by atoms with Crippen LogP contribution in [0.25, 0.3) is 0 Å². The number of nitrogens with one attached hydrogen (secondary N) is 1. The van der Waals surface area contributed by atoms with E-state index in [4.69, 9.17) is 9.47 Å². The normalized spacial score (nSPS) is 22.2. The van der Waals surface area contributed by atoms with E-state index in [-0.39, 0.29) is 5.91 Å². The number of carbonyl (C=O) groups excluding carboxylic acids is 1. The van der Waals surface area contributed by atoms with E-state index in [0.717, 1.165) is 45.7 Å². The van der Waals surface area contributed by atoms with E-state index in [9.17, 15) is 4.79 Å². The van der Waals surface area contributed by atoms with Crippen LogP contribution in [0.2, 0.25) is 0 Å². The lowest BCUT2D eigenvalue weighted by Crippen LogP contribution is -2.49. The number of hydrogen-bond acceptors (Lipinski definition) is 5.